The lowest BCUT2D eigenvalue weighted by molar-refractivity contribution is -0.385. The first-order valence-corrected chi connectivity index (χ1v) is 4.12. The molecule has 0 radical (unpaired) electrons. The van der Waals surface area contributed by atoms with E-state index >= 15 is 0 Å². The van der Waals surface area contributed by atoms with E-state index in [1.165, 1.54) is 12.2 Å². The molecule has 0 fully saturated rings. The van der Waals surface area contributed by atoms with Gasteiger partial charge in [0, 0.05) is 6.07 Å². The molecule has 0 N–H and O–H groups in total. The van der Waals surface area contributed by atoms with Crippen LogP contribution in [0.1, 0.15) is 12.0 Å². The van der Waals surface area contributed by atoms with Gasteiger partial charge in [-0.2, -0.15) is 5.26 Å². The van der Waals surface area contributed by atoms with Gasteiger partial charge in [0.05, 0.1) is 23.0 Å². The number of nitro benzene ring substituents is 1. The smallest absolute Gasteiger partial charge is 0.258 e. The average molecular weight is 206 g/mol. The molecule has 1 rings (SSSR count). The maximum atomic E-state index is 12.8. The lowest BCUT2D eigenvalue weighted by atomic mass is 10.1. The van der Waals surface area contributed by atoms with Crippen molar-refractivity contribution >= 4 is 11.8 Å². The predicted octanol–water partition coefficient (Wildman–Crippen LogP) is 2.66. The van der Waals surface area contributed by atoms with Crippen LogP contribution >= 0.6 is 0 Å². The van der Waals surface area contributed by atoms with Gasteiger partial charge in [-0.15, -0.1) is 0 Å². The summed E-state index contributed by atoms with van der Waals surface area (Å²) in [5.41, 5.74) is -0.0131. The van der Waals surface area contributed by atoms with Crippen molar-refractivity contribution in [3.05, 3.63) is 45.8 Å². The number of halogens is 1. The summed E-state index contributed by atoms with van der Waals surface area (Å²) in [6, 6.07) is 5.04. The second-order valence-electron chi connectivity index (χ2n) is 2.72. The van der Waals surface area contributed by atoms with Crippen LogP contribution in [0, 0.1) is 27.3 Å². The van der Waals surface area contributed by atoms with Crippen LogP contribution in [-0.4, -0.2) is 4.92 Å². The maximum Gasteiger partial charge on any atom is 0.276 e. The van der Waals surface area contributed by atoms with Gasteiger partial charge in [0.15, 0.2) is 0 Å². The summed E-state index contributed by atoms with van der Waals surface area (Å²) in [6.07, 6.45) is 2.94. The van der Waals surface area contributed by atoms with Crippen molar-refractivity contribution < 1.29 is 9.31 Å². The topological polar surface area (TPSA) is 66.9 Å². The Morgan fingerprint density at radius 2 is 2.33 bits per heavy atom. The monoisotopic (exact) mass is 206 g/mol. The van der Waals surface area contributed by atoms with Gasteiger partial charge < -0.3 is 0 Å². The molecule has 0 aliphatic rings. The van der Waals surface area contributed by atoms with E-state index in [-0.39, 0.29) is 17.7 Å². The summed E-state index contributed by atoms with van der Waals surface area (Å²) in [4.78, 5) is 9.96. The van der Waals surface area contributed by atoms with Crippen LogP contribution in [0.5, 0.6) is 0 Å². The zero-order chi connectivity index (χ0) is 11.3. The SMILES string of the molecule is N#CCC=Cc1cc(F)ccc1[N+](=O)[O-]. The number of allylic oxidation sites excluding steroid dienone is 1. The largest absolute Gasteiger partial charge is 0.276 e. The fourth-order valence-corrected chi connectivity index (χ4v) is 1.06. The van der Waals surface area contributed by atoms with E-state index in [1.807, 2.05) is 6.07 Å². The van der Waals surface area contributed by atoms with E-state index in [2.05, 4.69) is 0 Å². The molecular formula is C10H7FN2O2. The number of rotatable bonds is 3. The van der Waals surface area contributed by atoms with Crippen LogP contribution < -0.4 is 0 Å². The highest BCUT2D eigenvalue weighted by atomic mass is 19.1. The highest BCUT2D eigenvalue weighted by molar-refractivity contribution is 5.60. The van der Waals surface area contributed by atoms with Crippen LogP contribution in [0.2, 0.25) is 0 Å². The first-order chi connectivity index (χ1) is 7.15. The van der Waals surface area contributed by atoms with Crippen molar-refractivity contribution in [2.45, 2.75) is 6.42 Å². The summed E-state index contributed by atoms with van der Waals surface area (Å²) >= 11 is 0. The quantitative estimate of drug-likeness (QED) is 0.564. The zero-order valence-electron chi connectivity index (χ0n) is 7.68. The van der Waals surface area contributed by atoms with E-state index < -0.39 is 10.7 Å². The molecule has 4 nitrogen and oxygen atoms in total. The Hall–Kier alpha value is -2.22. The Balaban J connectivity index is 3.08. The van der Waals surface area contributed by atoms with E-state index in [4.69, 9.17) is 5.26 Å². The standard InChI is InChI=1S/C10H7FN2O2/c11-9-4-5-10(13(14)15)8(7-9)3-1-2-6-12/h1,3-5,7H,2H2. The van der Waals surface area contributed by atoms with Gasteiger partial charge in [0.25, 0.3) is 5.69 Å². The van der Waals surface area contributed by atoms with Gasteiger partial charge in [-0.1, -0.05) is 12.2 Å². The fraction of sp³-hybridized carbons (Fsp3) is 0.100. The second kappa shape index (κ2) is 4.86. The molecule has 0 unspecified atom stereocenters. The molecule has 0 aliphatic carbocycles. The minimum atomic E-state index is -0.592. The van der Waals surface area contributed by atoms with Crippen molar-refractivity contribution in [3.63, 3.8) is 0 Å². The lowest BCUT2D eigenvalue weighted by Crippen LogP contribution is -1.92. The molecule has 0 bridgehead atoms. The van der Waals surface area contributed by atoms with Gasteiger partial charge >= 0.3 is 0 Å². The van der Waals surface area contributed by atoms with Gasteiger partial charge in [-0.05, 0) is 12.1 Å². The van der Waals surface area contributed by atoms with E-state index in [1.54, 1.807) is 0 Å². The number of hydrogen-bond acceptors (Lipinski definition) is 3. The molecule has 1 aromatic carbocycles. The first kappa shape index (κ1) is 10.9. The molecule has 0 atom stereocenters. The molecule has 0 amide bonds. The Morgan fingerprint density at radius 1 is 1.60 bits per heavy atom. The van der Waals surface area contributed by atoms with Gasteiger partial charge in [-0.3, -0.25) is 10.1 Å². The van der Waals surface area contributed by atoms with Crippen molar-refractivity contribution in [1.82, 2.24) is 0 Å². The summed E-state index contributed by atoms with van der Waals surface area (Å²) in [5, 5.41) is 18.8. The maximum absolute atomic E-state index is 12.8. The number of hydrogen-bond donors (Lipinski definition) is 0. The summed E-state index contributed by atoms with van der Waals surface area (Å²) in [7, 11) is 0. The molecule has 15 heavy (non-hydrogen) atoms. The van der Waals surface area contributed by atoms with Crippen molar-refractivity contribution in [2.75, 3.05) is 0 Å². The highest BCUT2D eigenvalue weighted by Crippen LogP contribution is 2.20. The molecule has 0 aliphatic heterocycles. The molecule has 0 saturated carbocycles. The van der Waals surface area contributed by atoms with Crippen LogP contribution in [0.3, 0.4) is 0 Å². The molecular weight excluding hydrogens is 199 g/mol. The van der Waals surface area contributed by atoms with E-state index in [0.29, 0.717) is 0 Å². The Bertz CT molecular complexity index is 449. The lowest BCUT2D eigenvalue weighted by Gasteiger charge is -1.96. The zero-order valence-corrected chi connectivity index (χ0v) is 7.68. The van der Waals surface area contributed by atoms with Crippen LogP contribution in [0.25, 0.3) is 6.08 Å². The van der Waals surface area contributed by atoms with Gasteiger partial charge in [-0.25, -0.2) is 4.39 Å². The third-order valence-electron chi connectivity index (χ3n) is 1.69. The summed E-state index contributed by atoms with van der Waals surface area (Å²) < 4.78 is 12.8. The highest BCUT2D eigenvalue weighted by Gasteiger charge is 2.11. The first-order valence-electron chi connectivity index (χ1n) is 4.12. The van der Waals surface area contributed by atoms with Crippen molar-refractivity contribution in [1.29, 1.82) is 5.26 Å². The predicted molar refractivity (Wildman–Crippen MR) is 52.3 cm³/mol. The number of nitriles is 1. The molecule has 1 aromatic rings. The average Bonchev–Trinajstić information content (AvgIpc) is 2.18. The van der Waals surface area contributed by atoms with Gasteiger partial charge in [0.2, 0.25) is 0 Å². The van der Waals surface area contributed by atoms with Crippen molar-refractivity contribution in [3.8, 4) is 6.07 Å². The normalized spacial score (nSPS) is 10.1. The minimum Gasteiger partial charge on any atom is -0.258 e. The van der Waals surface area contributed by atoms with Crippen LogP contribution in [-0.2, 0) is 0 Å². The molecule has 0 heterocycles. The van der Waals surface area contributed by atoms with E-state index in [0.717, 1.165) is 18.2 Å². The second-order valence-corrected chi connectivity index (χ2v) is 2.72. The molecule has 0 aromatic heterocycles. The van der Waals surface area contributed by atoms with Gasteiger partial charge in [0.1, 0.15) is 5.82 Å². The van der Waals surface area contributed by atoms with Crippen LogP contribution in [0.4, 0.5) is 10.1 Å². The fourth-order valence-electron chi connectivity index (χ4n) is 1.06. The number of nitrogens with zero attached hydrogens (tertiary/aromatic N) is 2. The summed E-state index contributed by atoms with van der Waals surface area (Å²) in [5.74, 6) is -0.544. The number of nitro groups is 1. The molecule has 5 heteroatoms. The molecule has 0 spiro atoms. The van der Waals surface area contributed by atoms with Crippen molar-refractivity contribution in [2.24, 2.45) is 0 Å². The third-order valence-corrected chi connectivity index (χ3v) is 1.69. The Morgan fingerprint density at radius 3 is 2.93 bits per heavy atom. The van der Waals surface area contributed by atoms with Crippen LogP contribution in [0.15, 0.2) is 24.3 Å². The molecule has 76 valence electrons. The third kappa shape index (κ3) is 2.88. The summed E-state index contributed by atoms with van der Waals surface area (Å²) in [6.45, 7) is 0. The van der Waals surface area contributed by atoms with E-state index in [9.17, 15) is 14.5 Å². The Kier molecular flexibility index (Phi) is 3.52. The minimum absolute atomic E-state index is 0.133. The number of benzene rings is 1. The molecule has 0 saturated heterocycles. The Labute approximate surface area is 85.4 Å².